The van der Waals surface area contributed by atoms with Gasteiger partial charge in [0, 0.05) is 19.7 Å². The van der Waals surface area contributed by atoms with Crippen LogP contribution in [0.25, 0.3) is 0 Å². The van der Waals surface area contributed by atoms with Crippen LogP contribution in [0.1, 0.15) is 49.4 Å². The number of amides is 3. The Bertz CT molecular complexity index is 775. The highest BCUT2D eigenvalue weighted by molar-refractivity contribution is 6.13. The predicted molar refractivity (Wildman–Crippen MR) is 104 cm³/mol. The van der Waals surface area contributed by atoms with Crippen LogP contribution in [0.2, 0.25) is 0 Å². The predicted octanol–water partition coefficient (Wildman–Crippen LogP) is 1.71. The van der Waals surface area contributed by atoms with Crippen molar-refractivity contribution in [2.75, 3.05) is 24.6 Å². The number of piperidine rings is 1. The van der Waals surface area contributed by atoms with E-state index in [1.165, 1.54) is 4.90 Å². The molecule has 2 saturated heterocycles. The van der Waals surface area contributed by atoms with Crippen molar-refractivity contribution < 1.29 is 19.1 Å². The average molecular weight is 385 g/mol. The Balaban J connectivity index is 1.61. The molecule has 0 aromatic heterocycles. The minimum absolute atomic E-state index is 0.0404. The second-order valence-corrected chi connectivity index (χ2v) is 7.79. The molecular weight excluding hydrogens is 358 g/mol. The summed E-state index contributed by atoms with van der Waals surface area (Å²) in [5, 5.41) is 2.92. The summed E-state index contributed by atoms with van der Waals surface area (Å²) >= 11 is 0. The molecular formula is C21H27N3O4. The van der Waals surface area contributed by atoms with Gasteiger partial charge < -0.3 is 15.0 Å². The van der Waals surface area contributed by atoms with Crippen LogP contribution >= 0.6 is 0 Å². The number of anilines is 1. The Hall–Kier alpha value is -2.41. The Morgan fingerprint density at radius 1 is 1.21 bits per heavy atom. The number of ether oxygens (including phenoxy) is 1. The maximum absolute atomic E-state index is 13.4. The fourth-order valence-corrected chi connectivity index (χ4v) is 4.41. The number of carbonyl (C=O) groups excluding carboxylic acids is 3. The van der Waals surface area contributed by atoms with Crippen molar-refractivity contribution in [1.82, 2.24) is 10.2 Å². The van der Waals surface area contributed by atoms with Crippen LogP contribution in [0, 0.1) is 0 Å². The van der Waals surface area contributed by atoms with Crippen LogP contribution in [0.15, 0.2) is 24.3 Å². The summed E-state index contributed by atoms with van der Waals surface area (Å²) in [5.41, 5.74) is 1.01. The summed E-state index contributed by atoms with van der Waals surface area (Å²) < 4.78 is 5.56. The second kappa shape index (κ2) is 7.91. The Labute approximate surface area is 165 Å². The second-order valence-electron chi connectivity index (χ2n) is 7.79. The lowest BCUT2D eigenvalue weighted by Crippen LogP contribution is -2.55. The van der Waals surface area contributed by atoms with Crippen molar-refractivity contribution in [3.63, 3.8) is 0 Å². The van der Waals surface area contributed by atoms with Crippen molar-refractivity contribution in [1.29, 1.82) is 0 Å². The first-order valence-electron chi connectivity index (χ1n) is 10.2. The molecule has 1 N–H and O–H groups in total. The van der Waals surface area contributed by atoms with Crippen LogP contribution in [0.5, 0.6) is 0 Å². The normalized spacial score (nSPS) is 25.8. The van der Waals surface area contributed by atoms with Crippen molar-refractivity contribution >= 4 is 23.4 Å². The summed E-state index contributed by atoms with van der Waals surface area (Å²) in [6, 6.07) is 5.89. The Kier molecular flexibility index (Phi) is 5.35. The van der Waals surface area contributed by atoms with Gasteiger partial charge in [0.2, 0.25) is 5.91 Å². The molecule has 3 amide bonds. The van der Waals surface area contributed by atoms with Crippen molar-refractivity contribution in [3.05, 3.63) is 29.8 Å². The summed E-state index contributed by atoms with van der Waals surface area (Å²) in [6.07, 6.45) is 4.43. The van der Waals surface area contributed by atoms with Gasteiger partial charge in [0.05, 0.1) is 17.4 Å². The third-order valence-electron chi connectivity index (χ3n) is 5.97. The maximum atomic E-state index is 13.4. The Morgan fingerprint density at radius 3 is 2.82 bits per heavy atom. The summed E-state index contributed by atoms with van der Waals surface area (Å²) in [7, 11) is 0. The number of nitrogens with zero attached hydrogens (tertiary/aromatic N) is 2. The monoisotopic (exact) mass is 385 g/mol. The third-order valence-corrected chi connectivity index (χ3v) is 5.97. The smallest absolute Gasteiger partial charge is 0.256 e. The standard InChI is InChI=1S/C21H27N3O4/c1-14(19(25)22-13-15-7-6-12-28-15)24-17-9-3-2-8-16(17)20(26)23-11-5-4-10-18(23)21(24)27/h2-3,8-9,14-15,18H,4-7,10-13H2,1H3,(H,22,25)/t14-,15+,18-/m1/s1. The van der Waals surface area contributed by atoms with Crippen LogP contribution < -0.4 is 10.2 Å². The van der Waals surface area contributed by atoms with Crippen molar-refractivity contribution in [3.8, 4) is 0 Å². The minimum atomic E-state index is -0.704. The molecule has 0 unspecified atom stereocenters. The van der Waals surface area contributed by atoms with Crippen LogP contribution in [0.4, 0.5) is 5.69 Å². The lowest BCUT2D eigenvalue weighted by molar-refractivity contribution is -0.128. The molecule has 3 aliphatic rings. The molecule has 3 atom stereocenters. The van der Waals surface area contributed by atoms with Gasteiger partial charge >= 0.3 is 0 Å². The van der Waals surface area contributed by atoms with Crippen LogP contribution in [-0.2, 0) is 14.3 Å². The molecule has 0 spiro atoms. The van der Waals surface area contributed by atoms with Crippen molar-refractivity contribution in [2.45, 2.75) is 57.2 Å². The highest BCUT2D eigenvalue weighted by atomic mass is 16.5. The molecule has 0 saturated carbocycles. The van der Waals surface area contributed by atoms with Gasteiger partial charge in [0.15, 0.2) is 0 Å². The first kappa shape index (κ1) is 18.9. The Morgan fingerprint density at radius 2 is 2.04 bits per heavy atom. The van der Waals surface area contributed by atoms with E-state index in [9.17, 15) is 14.4 Å². The highest BCUT2D eigenvalue weighted by Gasteiger charge is 2.43. The number of hydrogen-bond acceptors (Lipinski definition) is 4. The quantitative estimate of drug-likeness (QED) is 0.856. The molecule has 7 heteroatoms. The van der Waals surface area contributed by atoms with Gasteiger partial charge in [-0.1, -0.05) is 12.1 Å². The van der Waals surface area contributed by atoms with E-state index in [4.69, 9.17) is 4.74 Å². The topological polar surface area (TPSA) is 79.0 Å². The molecule has 4 rings (SSSR count). The van der Waals surface area contributed by atoms with Gasteiger partial charge in [-0.05, 0) is 51.2 Å². The van der Waals surface area contributed by atoms with E-state index < -0.39 is 12.1 Å². The van der Waals surface area contributed by atoms with E-state index in [0.717, 1.165) is 32.3 Å². The SMILES string of the molecule is C[C@H](C(=O)NC[C@@H]1CCCO1)N1C(=O)[C@H]2CCCCN2C(=O)c2ccccc21. The van der Waals surface area contributed by atoms with Gasteiger partial charge in [-0.15, -0.1) is 0 Å². The van der Waals surface area contributed by atoms with E-state index in [1.807, 2.05) is 0 Å². The number of fused-ring (bicyclic) bond motifs is 2. The van der Waals surface area contributed by atoms with E-state index in [2.05, 4.69) is 5.32 Å². The number of rotatable bonds is 4. The first-order chi connectivity index (χ1) is 13.6. The fraction of sp³-hybridized carbons (Fsp3) is 0.571. The van der Waals surface area contributed by atoms with Gasteiger partial charge in [-0.3, -0.25) is 19.3 Å². The van der Waals surface area contributed by atoms with E-state index >= 15 is 0 Å². The van der Waals surface area contributed by atoms with Crippen LogP contribution in [0.3, 0.4) is 0 Å². The van der Waals surface area contributed by atoms with Gasteiger partial charge in [-0.25, -0.2) is 0 Å². The first-order valence-corrected chi connectivity index (χ1v) is 10.2. The van der Waals surface area contributed by atoms with E-state index in [0.29, 0.717) is 30.8 Å². The molecule has 7 nitrogen and oxygen atoms in total. The lowest BCUT2D eigenvalue weighted by Gasteiger charge is -2.35. The molecule has 150 valence electrons. The number of hydrogen-bond donors (Lipinski definition) is 1. The van der Waals surface area contributed by atoms with Crippen molar-refractivity contribution in [2.24, 2.45) is 0 Å². The zero-order chi connectivity index (χ0) is 19.7. The number of benzene rings is 1. The zero-order valence-corrected chi connectivity index (χ0v) is 16.2. The van der Waals surface area contributed by atoms with Gasteiger partial charge in [0.25, 0.3) is 11.8 Å². The van der Waals surface area contributed by atoms with Gasteiger partial charge in [-0.2, -0.15) is 0 Å². The molecule has 2 fully saturated rings. The molecule has 0 bridgehead atoms. The molecule has 0 radical (unpaired) electrons. The third kappa shape index (κ3) is 3.39. The lowest BCUT2D eigenvalue weighted by atomic mass is 10.0. The molecule has 3 heterocycles. The van der Waals surface area contributed by atoms with Gasteiger partial charge in [0.1, 0.15) is 12.1 Å². The average Bonchev–Trinajstić information content (AvgIpc) is 3.22. The molecule has 0 aliphatic carbocycles. The largest absolute Gasteiger partial charge is 0.376 e. The van der Waals surface area contributed by atoms with Crippen LogP contribution in [-0.4, -0.2) is 60.5 Å². The highest BCUT2D eigenvalue weighted by Crippen LogP contribution is 2.33. The minimum Gasteiger partial charge on any atom is -0.376 e. The summed E-state index contributed by atoms with van der Waals surface area (Å²) in [4.78, 5) is 42.6. The molecule has 1 aromatic rings. The maximum Gasteiger partial charge on any atom is 0.256 e. The number of nitrogens with one attached hydrogen (secondary N) is 1. The zero-order valence-electron chi connectivity index (χ0n) is 16.2. The fourth-order valence-electron chi connectivity index (χ4n) is 4.41. The summed E-state index contributed by atoms with van der Waals surface area (Å²) in [6.45, 7) is 3.48. The molecule has 28 heavy (non-hydrogen) atoms. The number of para-hydroxylation sites is 1. The summed E-state index contributed by atoms with van der Waals surface area (Å²) in [5.74, 6) is -0.517. The molecule has 1 aromatic carbocycles. The molecule has 3 aliphatic heterocycles. The number of carbonyl (C=O) groups is 3. The van der Waals surface area contributed by atoms with E-state index in [-0.39, 0.29) is 23.8 Å². The van der Waals surface area contributed by atoms with E-state index in [1.54, 1.807) is 36.1 Å².